The molecule has 0 saturated heterocycles. The van der Waals surface area contributed by atoms with Crippen LogP contribution in [0.3, 0.4) is 0 Å². The second-order valence-corrected chi connectivity index (χ2v) is 4.58. The normalized spacial score (nSPS) is 12.9. The largest absolute Gasteiger partial charge is 0.387 e. The van der Waals surface area contributed by atoms with E-state index in [0.717, 1.165) is 5.56 Å². The van der Waals surface area contributed by atoms with Crippen LogP contribution in [0.2, 0.25) is 0 Å². The predicted molar refractivity (Wildman–Crippen MR) is 61.5 cm³/mol. The second kappa shape index (κ2) is 4.43. The summed E-state index contributed by atoms with van der Waals surface area (Å²) >= 11 is 0. The maximum Gasteiger partial charge on any atom is 0.123 e. The van der Waals surface area contributed by atoms with Crippen LogP contribution in [0, 0.1) is 5.82 Å². The van der Waals surface area contributed by atoms with Gasteiger partial charge in [0.15, 0.2) is 0 Å². The lowest BCUT2D eigenvalue weighted by molar-refractivity contribution is 0.581. The van der Waals surface area contributed by atoms with Gasteiger partial charge in [0.25, 0.3) is 0 Å². The van der Waals surface area contributed by atoms with Crippen LogP contribution in [-0.2, 0) is 6.42 Å². The van der Waals surface area contributed by atoms with Gasteiger partial charge in [0.1, 0.15) is 5.82 Å². The summed E-state index contributed by atoms with van der Waals surface area (Å²) in [5.74, 6) is 0.296. The van der Waals surface area contributed by atoms with E-state index in [9.17, 15) is 4.39 Å². The summed E-state index contributed by atoms with van der Waals surface area (Å²) in [7, 11) is 0. The zero-order valence-electron chi connectivity index (χ0n) is 9.42. The molecule has 0 aliphatic heterocycles. The first-order valence-corrected chi connectivity index (χ1v) is 4.95. The molecule has 0 atom stereocenters. The fourth-order valence-corrected chi connectivity index (χ4v) is 1.33. The third-order valence-corrected chi connectivity index (χ3v) is 1.75. The van der Waals surface area contributed by atoms with Crippen LogP contribution in [0.25, 0.3) is 0 Å². The quantitative estimate of drug-likeness (QED) is 0.588. The molecule has 0 fully saturated rings. The fraction of sp³-hybridized carbons (Fsp3) is 0.417. The van der Waals surface area contributed by atoms with Gasteiger partial charge in [-0.1, -0.05) is 12.1 Å². The number of benzene rings is 1. The molecule has 1 aromatic rings. The molecule has 0 aliphatic rings. The molecule has 2 N–H and O–H groups in total. The van der Waals surface area contributed by atoms with Crippen LogP contribution in [0.4, 0.5) is 4.39 Å². The van der Waals surface area contributed by atoms with Crippen LogP contribution in [0.15, 0.2) is 29.3 Å². The summed E-state index contributed by atoms with van der Waals surface area (Å²) in [6.07, 6.45) is 0.495. The molecule has 0 aromatic heterocycles. The molecule has 2 nitrogen and oxygen atoms in total. The van der Waals surface area contributed by atoms with Gasteiger partial charge in [-0.3, -0.25) is 4.99 Å². The minimum absolute atomic E-state index is 0.183. The Labute approximate surface area is 90.0 Å². The number of halogens is 1. The Balaban J connectivity index is 2.75. The Morgan fingerprint density at radius 3 is 2.60 bits per heavy atom. The van der Waals surface area contributed by atoms with Crippen LogP contribution < -0.4 is 5.73 Å². The summed E-state index contributed by atoms with van der Waals surface area (Å²) in [5.41, 5.74) is 6.43. The SMILES string of the molecule is CC(C)(C)N=C(N)Cc1cccc(F)c1. The van der Waals surface area contributed by atoms with Crippen molar-refractivity contribution in [1.82, 2.24) is 0 Å². The highest BCUT2D eigenvalue weighted by Gasteiger charge is 2.08. The van der Waals surface area contributed by atoms with Crippen molar-refractivity contribution in [2.45, 2.75) is 32.7 Å². The summed E-state index contributed by atoms with van der Waals surface area (Å²) in [6, 6.07) is 6.41. The molecule has 0 amide bonds. The van der Waals surface area contributed by atoms with Gasteiger partial charge in [0.2, 0.25) is 0 Å². The van der Waals surface area contributed by atoms with Crippen LogP contribution in [-0.4, -0.2) is 11.4 Å². The summed E-state index contributed by atoms with van der Waals surface area (Å²) < 4.78 is 12.9. The van der Waals surface area contributed by atoms with E-state index in [2.05, 4.69) is 4.99 Å². The molecular weight excluding hydrogens is 191 g/mol. The van der Waals surface area contributed by atoms with Crippen LogP contribution in [0.1, 0.15) is 26.3 Å². The third-order valence-electron chi connectivity index (χ3n) is 1.75. The highest BCUT2D eigenvalue weighted by atomic mass is 19.1. The van der Waals surface area contributed by atoms with Crippen molar-refractivity contribution >= 4 is 5.84 Å². The van der Waals surface area contributed by atoms with Gasteiger partial charge in [-0.2, -0.15) is 0 Å². The Bertz CT molecular complexity index is 364. The highest BCUT2D eigenvalue weighted by Crippen LogP contribution is 2.08. The van der Waals surface area contributed by atoms with Gasteiger partial charge in [-0.15, -0.1) is 0 Å². The Hall–Kier alpha value is -1.38. The van der Waals surface area contributed by atoms with E-state index in [-0.39, 0.29) is 11.4 Å². The summed E-state index contributed by atoms with van der Waals surface area (Å²) in [5, 5.41) is 0. The molecule has 0 heterocycles. The molecule has 3 heteroatoms. The number of rotatable bonds is 2. The smallest absolute Gasteiger partial charge is 0.123 e. The van der Waals surface area contributed by atoms with E-state index < -0.39 is 0 Å². The lowest BCUT2D eigenvalue weighted by atomic mass is 10.1. The van der Waals surface area contributed by atoms with E-state index in [4.69, 9.17) is 5.73 Å². The fourth-order valence-electron chi connectivity index (χ4n) is 1.33. The van der Waals surface area contributed by atoms with Crippen molar-refractivity contribution < 1.29 is 4.39 Å². The van der Waals surface area contributed by atoms with Crippen molar-refractivity contribution in [3.8, 4) is 0 Å². The van der Waals surface area contributed by atoms with Gasteiger partial charge in [-0.05, 0) is 38.5 Å². The number of nitrogens with two attached hydrogens (primary N) is 1. The Morgan fingerprint density at radius 2 is 2.07 bits per heavy atom. The topological polar surface area (TPSA) is 38.4 Å². The van der Waals surface area contributed by atoms with E-state index in [1.54, 1.807) is 6.07 Å². The van der Waals surface area contributed by atoms with Gasteiger partial charge in [0.05, 0.1) is 11.4 Å². The molecule has 1 aromatic carbocycles. The zero-order valence-corrected chi connectivity index (χ0v) is 9.42. The average molecular weight is 208 g/mol. The summed E-state index contributed by atoms with van der Waals surface area (Å²) in [6.45, 7) is 5.93. The van der Waals surface area contributed by atoms with Gasteiger partial charge >= 0.3 is 0 Å². The molecular formula is C12H17FN2. The van der Waals surface area contributed by atoms with Gasteiger partial charge in [0, 0.05) is 6.42 Å². The first kappa shape index (κ1) is 11.7. The standard InChI is InChI=1S/C12H17FN2/c1-12(2,3)15-11(14)8-9-5-4-6-10(13)7-9/h4-7H,8H2,1-3H3,(H2,14,15). The lowest BCUT2D eigenvalue weighted by Crippen LogP contribution is -2.22. The predicted octanol–water partition coefficient (Wildman–Crippen LogP) is 2.52. The molecule has 82 valence electrons. The minimum atomic E-state index is -0.240. The number of aliphatic imine (C=N–C) groups is 1. The first-order valence-electron chi connectivity index (χ1n) is 4.95. The van der Waals surface area contributed by atoms with Crippen molar-refractivity contribution in [3.05, 3.63) is 35.6 Å². The third kappa shape index (κ3) is 4.58. The van der Waals surface area contributed by atoms with Crippen LogP contribution in [0.5, 0.6) is 0 Å². The monoisotopic (exact) mass is 208 g/mol. The van der Waals surface area contributed by atoms with Gasteiger partial charge < -0.3 is 5.73 Å². The first-order chi connectivity index (χ1) is 6.87. The minimum Gasteiger partial charge on any atom is -0.387 e. The van der Waals surface area contributed by atoms with E-state index >= 15 is 0 Å². The molecule has 0 bridgehead atoms. The van der Waals surface area contributed by atoms with Crippen molar-refractivity contribution in [1.29, 1.82) is 0 Å². The Morgan fingerprint density at radius 1 is 1.40 bits per heavy atom. The molecule has 0 radical (unpaired) electrons. The molecule has 0 saturated carbocycles. The van der Waals surface area contributed by atoms with Crippen molar-refractivity contribution in [3.63, 3.8) is 0 Å². The molecule has 0 aliphatic carbocycles. The van der Waals surface area contributed by atoms with Crippen molar-refractivity contribution in [2.24, 2.45) is 10.7 Å². The maximum absolute atomic E-state index is 12.9. The van der Waals surface area contributed by atoms with E-state index in [1.165, 1.54) is 12.1 Å². The number of hydrogen-bond donors (Lipinski definition) is 1. The lowest BCUT2D eigenvalue weighted by Gasteiger charge is -2.13. The van der Waals surface area contributed by atoms with Crippen molar-refractivity contribution in [2.75, 3.05) is 0 Å². The van der Waals surface area contributed by atoms with E-state index in [0.29, 0.717) is 12.3 Å². The maximum atomic E-state index is 12.9. The van der Waals surface area contributed by atoms with Crippen LogP contribution >= 0.6 is 0 Å². The number of amidine groups is 1. The molecule has 0 unspecified atom stereocenters. The van der Waals surface area contributed by atoms with Gasteiger partial charge in [-0.25, -0.2) is 4.39 Å². The average Bonchev–Trinajstić information content (AvgIpc) is 1.99. The highest BCUT2D eigenvalue weighted by molar-refractivity contribution is 5.83. The molecule has 0 spiro atoms. The molecule has 1 rings (SSSR count). The summed E-state index contributed by atoms with van der Waals surface area (Å²) in [4.78, 5) is 4.31. The number of nitrogens with zero attached hydrogens (tertiary/aromatic N) is 1. The number of hydrogen-bond acceptors (Lipinski definition) is 1. The zero-order chi connectivity index (χ0) is 11.5. The Kier molecular flexibility index (Phi) is 3.45. The second-order valence-electron chi connectivity index (χ2n) is 4.58. The molecule has 15 heavy (non-hydrogen) atoms. The van der Waals surface area contributed by atoms with E-state index in [1.807, 2.05) is 26.8 Å².